The number of nitrogens with two attached hydrogens (primary N) is 1. The SMILES string of the molecule is NC(=O)C1CCN(C(=O)CSc2nc3cc(Cl)ccc3n2Cc2ccccc2)CC1. The van der Waals surface area contributed by atoms with E-state index in [2.05, 4.69) is 16.7 Å². The number of amides is 2. The number of carbonyl (C=O) groups is 2. The molecular weight excluding hydrogens is 420 g/mol. The van der Waals surface area contributed by atoms with Gasteiger partial charge in [-0.2, -0.15) is 0 Å². The van der Waals surface area contributed by atoms with Gasteiger partial charge < -0.3 is 15.2 Å². The van der Waals surface area contributed by atoms with Crippen LogP contribution in [0.5, 0.6) is 0 Å². The highest BCUT2D eigenvalue weighted by atomic mass is 35.5. The maximum absolute atomic E-state index is 12.7. The lowest BCUT2D eigenvalue weighted by atomic mass is 9.96. The van der Waals surface area contributed by atoms with Crippen LogP contribution in [0.4, 0.5) is 0 Å². The molecule has 1 aliphatic heterocycles. The first-order valence-corrected chi connectivity index (χ1v) is 11.3. The monoisotopic (exact) mass is 442 g/mol. The van der Waals surface area contributed by atoms with Crippen molar-refractivity contribution in [2.75, 3.05) is 18.8 Å². The van der Waals surface area contributed by atoms with E-state index in [4.69, 9.17) is 22.3 Å². The molecule has 1 aliphatic rings. The number of aromatic nitrogens is 2. The molecule has 0 aliphatic carbocycles. The number of piperidine rings is 1. The summed E-state index contributed by atoms with van der Waals surface area (Å²) in [6.45, 7) is 1.81. The summed E-state index contributed by atoms with van der Waals surface area (Å²) in [5.41, 5.74) is 8.35. The maximum Gasteiger partial charge on any atom is 0.233 e. The predicted octanol–water partition coefficient (Wildman–Crippen LogP) is 3.55. The number of hydrogen-bond donors (Lipinski definition) is 1. The maximum atomic E-state index is 12.7. The Kier molecular flexibility index (Phi) is 6.29. The molecule has 0 spiro atoms. The second-order valence-corrected chi connectivity index (χ2v) is 8.82. The molecule has 4 rings (SSSR count). The van der Waals surface area contributed by atoms with Gasteiger partial charge in [0.15, 0.2) is 5.16 Å². The molecule has 0 saturated carbocycles. The van der Waals surface area contributed by atoms with Crippen LogP contribution in [0.1, 0.15) is 18.4 Å². The molecule has 1 saturated heterocycles. The Morgan fingerprint density at radius 3 is 2.57 bits per heavy atom. The fourth-order valence-electron chi connectivity index (χ4n) is 3.74. The minimum absolute atomic E-state index is 0.0549. The van der Waals surface area contributed by atoms with Gasteiger partial charge in [-0.05, 0) is 36.6 Å². The molecule has 0 unspecified atom stereocenters. The lowest BCUT2D eigenvalue weighted by Crippen LogP contribution is -2.42. The van der Waals surface area contributed by atoms with Crippen LogP contribution in [0.15, 0.2) is 53.7 Å². The number of primary amides is 1. The van der Waals surface area contributed by atoms with E-state index in [-0.39, 0.29) is 17.7 Å². The lowest BCUT2D eigenvalue weighted by Gasteiger charge is -2.30. The number of rotatable bonds is 6. The molecule has 2 aromatic carbocycles. The number of hydrogen-bond acceptors (Lipinski definition) is 4. The van der Waals surface area contributed by atoms with Crippen molar-refractivity contribution < 1.29 is 9.59 Å². The Bertz CT molecular complexity index is 1060. The summed E-state index contributed by atoms with van der Waals surface area (Å²) in [6, 6.07) is 15.8. The third kappa shape index (κ3) is 4.63. The Balaban J connectivity index is 1.50. The van der Waals surface area contributed by atoms with Crippen molar-refractivity contribution >= 4 is 46.2 Å². The van der Waals surface area contributed by atoms with Gasteiger partial charge >= 0.3 is 0 Å². The number of thioether (sulfide) groups is 1. The third-order valence-corrected chi connectivity index (χ3v) is 6.63. The molecule has 156 valence electrons. The molecule has 0 radical (unpaired) electrons. The first-order valence-electron chi connectivity index (χ1n) is 9.91. The topological polar surface area (TPSA) is 81.2 Å². The van der Waals surface area contributed by atoms with Crippen LogP contribution in [0.3, 0.4) is 0 Å². The molecule has 0 atom stereocenters. The molecule has 1 aromatic heterocycles. The highest BCUT2D eigenvalue weighted by Gasteiger charge is 2.26. The molecular formula is C22H23ClN4O2S. The minimum Gasteiger partial charge on any atom is -0.369 e. The van der Waals surface area contributed by atoms with Crippen molar-refractivity contribution in [1.29, 1.82) is 0 Å². The van der Waals surface area contributed by atoms with Crippen molar-refractivity contribution in [2.45, 2.75) is 24.5 Å². The summed E-state index contributed by atoms with van der Waals surface area (Å²) in [7, 11) is 0. The number of imidazole rings is 1. The van der Waals surface area contributed by atoms with Crippen LogP contribution in [-0.4, -0.2) is 45.1 Å². The molecule has 0 bridgehead atoms. The highest BCUT2D eigenvalue weighted by Crippen LogP contribution is 2.28. The van der Waals surface area contributed by atoms with Gasteiger partial charge in [0.2, 0.25) is 11.8 Å². The fraction of sp³-hybridized carbons (Fsp3) is 0.318. The zero-order valence-corrected chi connectivity index (χ0v) is 18.0. The smallest absolute Gasteiger partial charge is 0.233 e. The second-order valence-electron chi connectivity index (χ2n) is 7.45. The number of halogens is 1. The first kappa shape index (κ1) is 20.8. The zero-order chi connectivity index (χ0) is 21.1. The third-order valence-electron chi connectivity index (χ3n) is 5.43. The number of benzene rings is 2. The summed E-state index contributed by atoms with van der Waals surface area (Å²) >= 11 is 7.59. The lowest BCUT2D eigenvalue weighted by molar-refractivity contribution is -0.132. The number of carbonyl (C=O) groups excluding carboxylic acids is 2. The number of likely N-dealkylation sites (tertiary alicyclic amines) is 1. The van der Waals surface area contributed by atoms with Crippen LogP contribution in [0.25, 0.3) is 11.0 Å². The van der Waals surface area contributed by atoms with E-state index in [1.54, 1.807) is 0 Å². The molecule has 2 N–H and O–H groups in total. The molecule has 30 heavy (non-hydrogen) atoms. The van der Waals surface area contributed by atoms with Gasteiger partial charge in [0.1, 0.15) is 0 Å². The van der Waals surface area contributed by atoms with Crippen molar-refractivity contribution in [1.82, 2.24) is 14.5 Å². The molecule has 8 heteroatoms. The van der Waals surface area contributed by atoms with Crippen LogP contribution in [-0.2, 0) is 16.1 Å². The second kappa shape index (κ2) is 9.10. The van der Waals surface area contributed by atoms with Gasteiger partial charge in [-0.15, -0.1) is 0 Å². The van der Waals surface area contributed by atoms with Gasteiger partial charge in [0, 0.05) is 24.0 Å². The highest BCUT2D eigenvalue weighted by molar-refractivity contribution is 7.99. The molecule has 2 heterocycles. The van der Waals surface area contributed by atoms with E-state index in [0.29, 0.717) is 43.3 Å². The van der Waals surface area contributed by atoms with Gasteiger partial charge in [0.25, 0.3) is 0 Å². The molecule has 3 aromatic rings. The summed E-state index contributed by atoms with van der Waals surface area (Å²) in [5, 5.41) is 1.42. The van der Waals surface area contributed by atoms with E-state index in [1.165, 1.54) is 11.8 Å². The summed E-state index contributed by atoms with van der Waals surface area (Å²) < 4.78 is 2.12. The van der Waals surface area contributed by atoms with E-state index < -0.39 is 0 Å². The van der Waals surface area contributed by atoms with Gasteiger partial charge in [-0.3, -0.25) is 9.59 Å². The molecule has 2 amide bonds. The Labute approximate surface area is 184 Å². The standard InChI is InChI=1S/C22H23ClN4O2S/c23-17-6-7-19-18(12-17)25-22(27(19)13-15-4-2-1-3-5-15)30-14-20(28)26-10-8-16(9-11-26)21(24)29/h1-7,12,16H,8-11,13-14H2,(H2,24,29). The number of fused-ring (bicyclic) bond motifs is 1. The average Bonchev–Trinajstić information content (AvgIpc) is 3.09. The Hall–Kier alpha value is -2.51. The van der Waals surface area contributed by atoms with E-state index in [9.17, 15) is 9.59 Å². The van der Waals surface area contributed by atoms with Gasteiger partial charge in [0.05, 0.1) is 23.3 Å². The average molecular weight is 443 g/mol. The fourth-order valence-corrected chi connectivity index (χ4v) is 4.82. The molecule has 1 fully saturated rings. The predicted molar refractivity (Wildman–Crippen MR) is 120 cm³/mol. The number of nitrogens with zero attached hydrogens (tertiary/aromatic N) is 3. The molecule has 6 nitrogen and oxygen atoms in total. The van der Waals surface area contributed by atoms with Crippen LogP contribution in [0.2, 0.25) is 5.02 Å². The van der Waals surface area contributed by atoms with Crippen molar-refractivity contribution in [3.05, 3.63) is 59.1 Å². The van der Waals surface area contributed by atoms with E-state index in [1.807, 2.05) is 41.3 Å². The van der Waals surface area contributed by atoms with Crippen LogP contribution >= 0.6 is 23.4 Å². The Morgan fingerprint density at radius 1 is 1.13 bits per heavy atom. The quantitative estimate of drug-likeness (QED) is 0.592. The van der Waals surface area contributed by atoms with Crippen LogP contribution in [0, 0.1) is 5.92 Å². The summed E-state index contributed by atoms with van der Waals surface area (Å²) in [4.78, 5) is 30.6. The van der Waals surface area contributed by atoms with Gasteiger partial charge in [-0.25, -0.2) is 4.98 Å². The van der Waals surface area contributed by atoms with Crippen molar-refractivity contribution in [3.63, 3.8) is 0 Å². The van der Waals surface area contributed by atoms with Crippen molar-refractivity contribution in [2.24, 2.45) is 11.7 Å². The van der Waals surface area contributed by atoms with Crippen LogP contribution < -0.4 is 5.73 Å². The summed E-state index contributed by atoms with van der Waals surface area (Å²) in [6.07, 6.45) is 1.27. The summed E-state index contributed by atoms with van der Waals surface area (Å²) in [5.74, 6) is -0.0434. The zero-order valence-electron chi connectivity index (χ0n) is 16.5. The largest absolute Gasteiger partial charge is 0.369 e. The van der Waals surface area contributed by atoms with E-state index in [0.717, 1.165) is 21.8 Å². The minimum atomic E-state index is -0.273. The normalized spacial score (nSPS) is 14.9. The van der Waals surface area contributed by atoms with Gasteiger partial charge in [-0.1, -0.05) is 53.7 Å². The van der Waals surface area contributed by atoms with Crippen molar-refractivity contribution in [3.8, 4) is 0 Å². The Morgan fingerprint density at radius 2 is 1.87 bits per heavy atom. The van der Waals surface area contributed by atoms with E-state index >= 15 is 0 Å². The first-order chi connectivity index (χ1) is 14.5.